The van der Waals surface area contributed by atoms with Crippen molar-refractivity contribution in [3.05, 3.63) is 92.9 Å². The van der Waals surface area contributed by atoms with Gasteiger partial charge in [0.15, 0.2) is 0 Å². The van der Waals surface area contributed by atoms with Crippen LogP contribution >= 0.6 is 39.1 Å². The number of hydrogen-bond acceptors (Lipinski definition) is 4. The number of benzene rings is 3. The molecule has 0 aliphatic heterocycles. The summed E-state index contributed by atoms with van der Waals surface area (Å²) in [6.45, 7) is 4.95. The zero-order valence-electron chi connectivity index (χ0n) is 21.8. The van der Waals surface area contributed by atoms with Crippen LogP contribution in [-0.4, -0.2) is 43.8 Å². The summed E-state index contributed by atoms with van der Waals surface area (Å²) in [5.74, 6) is -0.909. The number of amides is 2. The molecule has 0 saturated carbocycles. The van der Waals surface area contributed by atoms with Crippen LogP contribution in [0.2, 0.25) is 10.0 Å². The molecule has 3 aromatic carbocycles. The Morgan fingerprint density at radius 2 is 1.59 bits per heavy atom. The number of nitrogens with zero attached hydrogens (tertiary/aromatic N) is 2. The van der Waals surface area contributed by atoms with E-state index in [2.05, 4.69) is 21.2 Å². The summed E-state index contributed by atoms with van der Waals surface area (Å²) in [6.07, 6.45) is 0.719. The van der Waals surface area contributed by atoms with Gasteiger partial charge in [-0.3, -0.25) is 13.9 Å². The van der Waals surface area contributed by atoms with Gasteiger partial charge >= 0.3 is 0 Å². The Morgan fingerprint density at radius 3 is 2.18 bits per heavy atom. The number of nitrogens with one attached hydrogen (secondary N) is 1. The van der Waals surface area contributed by atoms with Crippen LogP contribution in [0.15, 0.2) is 82.2 Å². The molecule has 2 unspecified atom stereocenters. The molecule has 0 aliphatic carbocycles. The number of carbonyl (C=O) groups excluding carboxylic acids is 2. The number of anilines is 1. The highest BCUT2D eigenvalue weighted by Gasteiger charge is 2.33. The van der Waals surface area contributed by atoms with E-state index in [1.54, 1.807) is 25.1 Å². The van der Waals surface area contributed by atoms with E-state index in [0.29, 0.717) is 0 Å². The number of halogens is 3. The fourth-order valence-corrected chi connectivity index (χ4v) is 6.19. The topological polar surface area (TPSA) is 86.8 Å². The van der Waals surface area contributed by atoms with Gasteiger partial charge in [-0.15, -0.1) is 0 Å². The third-order valence-electron chi connectivity index (χ3n) is 6.16. The summed E-state index contributed by atoms with van der Waals surface area (Å²) in [4.78, 5) is 28.4. The van der Waals surface area contributed by atoms with E-state index in [0.717, 1.165) is 20.8 Å². The fraction of sp³-hybridized carbons (Fsp3) is 0.286. The predicted octanol–water partition coefficient (Wildman–Crippen LogP) is 6.28. The normalized spacial score (nSPS) is 12.9. The summed E-state index contributed by atoms with van der Waals surface area (Å²) in [5.41, 5.74) is 0.896. The number of carbonyl (C=O) groups is 2. The molecule has 0 spiro atoms. The van der Waals surface area contributed by atoms with E-state index in [9.17, 15) is 18.0 Å². The van der Waals surface area contributed by atoms with Crippen LogP contribution in [0.3, 0.4) is 0 Å². The van der Waals surface area contributed by atoms with Crippen molar-refractivity contribution in [3.8, 4) is 0 Å². The number of rotatable bonds is 11. The molecule has 0 heterocycles. The van der Waals surface area contributed by atoms with Crippen molar-refractivity contribution in [3.63, 3.8) is 0 Å². The van der Waals surface area contributed by atoms with Crippen LogP contribution in [0.1, 0.15) is 32.8 Å². The molecule has 2 amide bonds. The Morgan fingerprint density at radius 1 is 0.949 bits per heavy atom. The lowest BCUT2D eigenvalue weighted by Gasteiger charge is -2.32. The molecule has 208 valence electrons. The second kappa shape index (κ2) is 13.7. The first-order valence-corrected chi connectivity index (χ1v) is 15.3. The van der Waals surface area contributed by atoms with Crippen LogP contribution in [0.4, 0.5) is 5.69 Å². The molecule has 7 nitrogen and oxygen atoms in total. The highest BCUT2D eigenvalue weighted by molar-refractivity contribution is 9.10. The van der Waals surface area contributed by atoms with Crippen LogP contribution in [0.25, 0.3) is 0 Å². The van der Waals surface area contributed by atoms with E-state index < -0.39 is 28.5 Å². The van der Waals surface area contributed by atoms with Gasteiger partial charge in [0.25, 0.3) is 10.0 Å². The van der Waals surface area contributed by atoms with E-state index in [4.69, 9.17) is 23.2 Å². The second-order valence-electron chi connectivity index (χ2n) is 9.10. The summed E-state index contributed by atoms with van der Waals surface area (Å²) in [5, 5.41) is 3.34. The van der Waals surface area contributed by atoms with Crippen molar-refractivity contribution in [2.45, 2.75) is 50.7 Å². The first kappa shape index (κ1) is 30.9. The van der Waals surface area contributed by atoms with Crippen molar-refractivity contribution in [2.24, 2.45) is 0 Å². The van der Waals surface area contributed by atoms with Crippen LogP contribution in [-0.2, 0) is 26.2 Å². The molecule has 3 rings (SSSR count). The molecule has 3 aromatic rings. The number of hydrogen-bond donors (Lipinski definition) is 1. The summed E-state index contributed by atoms with van der Waals surface area (Å²) in [7, 11) is -4.20. The molecule has 39 heavy (non-hydrogen) atoms. The molecular weight excluding hydrogens is 625 g/mol. The molecule has 0 bridgehead atoms. The zero-order chi connectivity index (χ0) is 28.7. The predicted molar refractivity (Wildman–Crippen MR) is 159 cm³/mol. The van der Waals surface area contributed by atoms with Crippen molar-refractivity contribution < 1.29 is 18.0 Å². The SMILES string of the molecule is CCC(C)NC(=O)C(C)N(Cc1cccc(Br)c1)C(=O)CN(c1cc(Cl)cc(Cl)c1)S(=O)(=O)c1ccccc1. The fourth-order valence-electron chi connectivity index (χ4n) is 3.81. The van der Waals surface area contributed by atoms with Crippen molar-refractivity contribution in [2.75, 3.05) is 10.8 Å². The van der Waals surface area contributed by atoms with Crippen LogP contribution in [0, 0.1) is 0 Å². The van der Waals surface area contributed by atoms with Gasteiger partial charge in [-0.2, -0.15) is 0 Å². The largest absolute Gasteiger partial charge is 0.352 e. The lowest BCUT2D eigenvalue weighted by atomic mass is 10.1. The maximum atomic E-state index is 13.9. The van der Waals surface area contributed by atoms with Gasteiger partial charge in [-0.1, -0.05) is 76.4 Å². The Labute approximate surface area is 248 Å². The molecule has 11 heteroatoms. The van der Waals surface area contributed by atoms with E-state index in [1.807, 2.05) is 38.1 Å². The highest BCUT2D eigenvalue weighted by atomic mass is 79.9. The maximum absolute atomic E-state index is 13.9. The third kappa shape index (κ3) is 8.20. The molecule has 1 N–H and O–H groups in total. The zero-order valence-corrected chi connectivity index (χ0v) is 25.7. The van der Waals surface area contributed by atoms with Crippen molar-refractivity contribution >= 4 is 66.7 Å². The Hall–Kier alpha value is -2.59. The Balaban J connectivity index is 2.05. The van der Waals surface area contributed by atoms with Gasteiger partial charge in [0.2, 0.25) is 11.8 Å². The second-order valence-corrected chi connectivity index (χ2v) is 12.7. The van der Waals surface area contributed by atoms with Crippen LogP contribution in [0.5, 0.6) is 0 Å². The lowest BCUT2D eigenvalue weighted by Crippen LogP contribution is -2.52. The minimum absolute atomic E-state index is 0.00463. The standard InChI is InChI=1S/C28H30BrCl2N3O4S/c1-4-19(2)32-28(36)20(3)33(17-21-9-8-10-22(29)13-21)27(35)18-34(25-15-23(30)14-24(31)16-25)39(37,38)26-11-6-5-7-12-26/h5-16,19-20H,4,17-18H2,1-3H3,(H,32,36). The number of sulfonamides is 1. The minimum atomic E-state index is -4.20. The van der Waals surface area contributed by atoms with E-state index in [-0.39, 0.29) is 39.1 Å². The average molecular weight is 655 g/mol. The smallest absolute Gasteiger partial charge is 0.264 e. The third-order valence-corrected chi connectivity index (χ3v) is 8.87. The van der Waals surface area contributed by atoms with Gasteiger partial charge in [0.1, 0.15) is 12.6 Å². The molecule has 0 aliphatic rings. The highest BCUT2D eigenvalue weighted by Crippen LogP contribution is 2.30. The maximum Gasteiger partial charge on any atom is 0.264 e. The van der Waals surface area contributed by atoms with Gasteiger partial charge < -0.3 is 10.2 Å². The first-order valence-electron chi connectivity index (χ1n) is 12.3. The van der Waals surface area contributed by atoms with E-state index >= 15 is 0 Å². The summed E-state index contributed by atoms with van der Waals surface area (Å²) in [6, 6.07) is 18.5. The average Bonchev–Trinajstić information content (AvgIpc) is 2.89. The Bertz CT molecular complexity index is 1400. The van der Waals surface area contributed by atoms with Crippen LogP contribution < -0.4 is 9.62 Å². The summed E-state index contributed by atoms with van der Waals surface area (Å²) >= 11 is 15.9. The molecule has 0 fully saturated rings. The first-order chi connectivity index (χ1) is 18.4. The molecular formula is C28H30BrCl2N3O4S. The van der Waals surface area contributed by atoms with E-state index in [1.165, 1.54) is 35.2 Å². The molecule has 0 radical (unpaired) electrons. The van der Waals surface area contributed by atoms with Gasteiger partial charge in [0.05, 0.1) is 10.6 Å². The Kier molecular flexibility index (Phi) is 10.8. The lowest BCUT2D eigenvalue weighted by molar-refractivity contribution is -0.139. The van der Waals surface area contributed by atoms with Crippen molar-refractivity contribution in [1.82, 2.24) is 10.2 Å². The molecule has 0 aromatic heterocycles. The minimum Gasteiger partial charge on any atom is -0.352 e. The monoisotopic (exact) mass is 653 g/mol. The van der Waals surface area contributed by atoms with Gasteiger partial charge in [-0.25, -0.2) is 8.42 Å². The molecule has 2 atom stereocenters. The molecule has 0 saturated heterocycles. The summed E-state index contributed by atoms with van der Waals surface area (Å²) < 4.78 is 29.4. The van der Waals surface area contributed by atoms with Gasteiger partial charge in [0, 0.05) is 27.1 Å². The van der Waals surface area contributed by atoms with Crippen molar-refractivity contribution in [1.29, 1.82) is 0 Å². The van der Waals surface area contributed by atoms with Gasteiger partial charge in [-0.05, 0) is 68.3 Å². The quantitative estimate of drug-likeness (QED) is 0.264.